The van der Waals surface area contributed by atoms with Crippen LogP contribution in [0.3, 0.4) is 0 Å². The average molecular weight is 484 g/mol. The van der Waals surface area contributed by atoms with E-state index in [9.17, 15) is 9.59 Å². The molecule has 0 unspecified atom stereocenters. The zero-order valence-electron chi connectivity index (χ0n) is 14.9. The van der Waals surface area contributed by atoms with Crippen LogP contribution in [0, 0.1) is 0 Å². The molecule has 0 fully saturated rings. The van der Waals surface area contributed by atoms with Crippen molar-refractivity contribution in [3.63, 3.8) is 0 Å². The van der Waals surface area contributed by atoms with Gasteiger partial charge in [0.05, 0.1) is 11.6 Å². The summed E-state index contributed by atoms with van der Waals surface area (Å²) in [5, 5.41) is 0. The van der Waals surface area contributed by atoms with Crippen molar-refractivity contribution < 1.29 is 14.3 Å². The maximum absolute atomic E-state index is 12.3. The third-order valence-electron chi connectivity index (χ3n) is 3.74. The van der Waals surface area contributed by atoms with Gasteiger partial charge in [-0.25, -0.2) is 0 Å². The van der Waals surface area contributed by atoms with E-state index in [1.54, 1.807) is 37.4 Å². The van der Waals surface area contributed by atoms with Crippen molar-refractivity contribution in [3.05, 3.63) is 62.0 Å². The first kappa shape index (κ1) is 20.5. The number of nitrogens with one attached hydrogen (secondary N) is 2. The Bertz CT molecular complexity index is 845. The first-order chi connectivity index (χ1) is 12.1. The predicted octanol–water partition coefficient (Wildman–Crippen LogP) is 4.59. The van der Waals surface area contributed by atoms with Crippen LogP contribution in [-0.4, -0.2) is 18.9 Å². The molecule has 2 aromatic rings. The summed E-state index contributed by atoms with van der Waals surface area (Å²) in [7, 11) is 1.54. The van der Waals surface area contributed by atoms with Gasteiger partial charge in [-0.05, 0) is 57.2 Å². The highest BCUT2D eigenvalue weighted by molar-refractivity contribution is 9.10. The van der Waals surface area contributed by atoms with Crippen LogP contribution in [0.4, 0.5) is 0 Å². The molecule has 0 spiro atoms. The number of hydrazine groups is 1. The lowest BCUT2D eigenvalue weighted by Crippen LogP contribution is -2.41. The van der Waals surface area contributed by atoms with Crippen molar-refractivity contribution in [3.8, 4) is 5.75 Å². The molecule has 2 rings (SSSR count). The molecule has 0 aliphatic carbocycles. The smallest absolute Gasteiger partial charge is 0.269 e. The van der Waals surface area contributed by atoms with Crippen molar-refractivity contribution in [1.29, 1.82) is 0 Å². The van der Waals surface area contributed by atoms with Gasteiger partial charge in [0.25, 0.3) is 11.8 Å². The quantitative estimate of drug-likeness (QED) is 0.627. The molecule has 5 nitrogen and oxygen atoms in total. The molecule has 0 aromatic heterocycles. The van der Waals surface area contributed by atoms with Gasteiger partial charge in [0.15, 0.2) is 0 Å². The maximum atomic E-state index is 12.3. The average Bonchev–Trinajstić information content (AvgIpc) is 2.58. The Morgan fingerprint density at radius 2 is 1.38 bits per heavy atom. The second kappa shape index (κ2) is 8.22. The van der Waals surface area contributed by atoms with Crippen molar-refractivity contribution in [2.75, 3.05) is 7.11 Å². The number of methoxy groups -OCH3 is 1. The molecule has 0 radical (unpaired) electrons. The highest BCUT2D eigenvalue weighted by Crippen LogP contribution is 2.30. The van der Waals surface area contributed by atoms with E-state index < -0.39 is 11.8 Å². The van der Waals surface area contributed by atoms with E-state index in [-0.39, 0.29) is 5.41 Å². The summed E-state index contributed by atoms with van der Waals surface area (Å²) in [6.45, 7) is 6.29. The molecule has 7 heteroatoms. The van der Waals surface area contributed by atoms with Crippen LogP contribution in [-0.2, 0) is 5.41 Å². The summed E-state index contributed by atoms with van der Waals surface area (Å²) in [4.78, 5) is 24.5. The molecule has 0 atom stereocenters. The van der Waals surface area contributed by atoms with E-state index in [1.807, 2.05) is 6.07 Å². The molecule has 26 heavy (non-hydrogen) atoms. The zero-order valence-corrected chi connectivity index (χ0v) is 18.1. The number of carbonyl (C=O) groups is 2. The Hall–Kier alpha value is -1.86. The van der Waals surface area contributed by atoms with E-state index in [0.717, 1.165) is 10.0 Å². The standard InChI is InChI=1S/C19H20Br2N2O3/c1-19(2,3)13-7-5-11(9-14(13)20)17(24)22-23-18(25)12-6-8-16(26-4)15(21)10-12/h5-10H,1-4H3,(H,22,24)(H,23,25). The van der Waals surface area contributed by atoms with E-state index in [1.165, 1.54) is 0 Å². The number of amides is 2. The normalized spacial score (nSPS) is 11.0. The Morgan fingerprint density at radius 1 is 0.885 bits per heavy atom. The number of halogens is 2. The summed E-state index contributed by atoms with van der Waals surface area (Å²) in [5.74, 6) is -0.200. The summed E-state index contributed by atoms with van der Waals surface area (Å²) in [5.41, 5.74) is 6.73. The number of hydrogen-bond donors (Lipinski definition) is 2. The van der Waals surface area contributed by atoms with Crippen LogP contribution < -0.4 is 15.6 Å². The van der Waals surface area contributed by atoms with Crippen molar-refractivity contribution in [2.24, 2.45) is 0 Å². The molecular weight excluding hydrogens is 464 g/mol. The number of rotatable bonds is 3. The molecule has 0 heterocycles. The van der Waals surface area contributed by atoms with Gasteiger partial charge in [0, 0.05) is 15.6 Å². The largest absolute Gasteiger partial charge is 0.496 e. The Labute approximate surface area is 169 Å². The minimum absolute atomic E-state index is 0.0379. The lowest BCUT2D eigenvalue weighted by Gasteiger charge is -2.21. The lowest BCUT2D eigenvalue weighted by molar-refractivity contribution is 0.0846. The summed E-state index contributed by atoms with van der Waals surface area (Å²) < 4.78 is 6.63. The Morgan fingerprint density at radius 3 is 1.81 bits per heavy atom. The van der Waals surface area contributed by atoms with Crippen LogP contribution in [0.1, 0.15) is 47.1 Å². The Balaban J connectivity index is 2.05. The van der Waals surface area contributed by atoms with Crippen LogP contribution in [0.25, 0.3) is 0 Å². The SMILES string of the molecule is COc1ccc(C(=O)NNC(=O)c2ccc(C(C)(C)C)c(Br)c2)cc1Br. The first-order valence-corrected chi connectivity index (χ1v) is 9.46. The molecule has 0 saturated heterocycles. The molecule has 2 amide bonds. The lowest BCUT2D eigenvalue weighted by atomic mass is 9.86. The van der Waals surface area contributed by atoms with Crippen LogP contribution >= 0.6 is 31.9 Å². The van der Waals surface area contributed by atoms with Gasteiger partial charge in [-0.3, -0.25) is 20.4 Å². The zero-order chi connectivity index (χ0) is 19.5. The third-order valence-corrected chi connectivity index (χ3v) is 5.02. The molecule has 0 bridgehead atoms. The monoisotopic (exact) mass is 482 g/mol. The number of hydrogen-bond acceptors (Lipinski definition) is 3. The highest BCUT2D eigenvalue weighted by atomic mass is 79.9. The third kappa shape index (κ3) is 4.86. The maximum Gasteiger partial charge on any atom is 0.269 e. The van der Waals surface area contributed by atoms with E-state index in [4.69, 9.17) is 4.74 Å². The minimum Gasteiger partial charge on any atom is -0.496 e. The molecule has 138 valence electrons. The topological polar surface area (TPSA) is 67.4 Å². The first-order valence-electron chi connectivity index (χ1n) is 7.87. The van der Waals surface area contributed by atoms with Crippen LogP contribution in [0.2, 0.25) is 0 Å². The molecule has 0 saturated carbocycles. The van der Waals surface area contributed by atoms with Crippen LogP contribution in [0.5, 0.6) is 5.75 Å². The second-order valence-corrected chi connectivity index (χ2v) is 8.41. The summed E-state index contributed by atoms with van der Waals surface area (Å²) in [6.07, 6.45) is 0. The van der Waals surface area contributed by atoms with Gasteiger partial charge in [-0.2, -0.15) is 0 Å². The molecule has 0 aliphatic heterocycles. The fourth-order valence-corrected chi connectivity index (χ4v) is 3.84. The molecule has 2 N–H and O–H groups in total. The molecule has 0 aliphatic rings. The highest BCUT2D eigenvalue weighted by Gasteiger charge is 2.18. The number of benzene rings is 2. The van der Waals surface area contributed by atoms with Gasteiger partial charge < -0.3 is 4.74 Å². The van der Waals surface area contributed by atoms with E-state index >= 15 is 0 Å². The Kier molecular flexibility index (Phi) is 6.47. The van der Waals surface area contributed by atoms with Crippen molar-refractivity contribution in [2.45, 2.75) is 26.2 Å². The summed E-state index contributed by atoms with van der Waals surface area (Å²) >= 11 is 6.83. The van der Waals surface area contributed by atoms with Gasteiger partial charge >= 0.3 is 0 Å². The predicted molar refractivity (Wildman–Crippen MR) is 108 cm³/mol. The van der Waals surface area contributed by atoms with E-state index in [2.05, 4.69) is 63.5 Å². The van der Waals surface area contributed by atoms with Crippen molar-refractivity contribution >= 4 is 43.7 Å². The van der Waals surface area contributed by atoms with E-state index in [0.29, 0.717) is 21.3 Å². The summed E-state index contributed by atoms with van der Waals surface area (Å²) in [6, 6.07) is 10.3. The minimum atomic E-state index is -0.424. The van der Waals surface area contributed by atoms with Gasteiger partial charge in [0.1, 0.15) is 5.75 Å². The van der Waals surface area contributed by atoms with Gasteiger partial charge in [-0.15, -0.1) is 0 Å². The fraction of sp³-hybridized carbons (Fsp3) is 0.263. The van der Waals surface area contributed by atoms with Crippen LogP contribution in [0.15, 0.2) is 45.3 Å². The van der Waals surface area contributed by atoms with Crippen molar-refractivity contribution in [1.82, 2.24) is 10.9 Å². The number of ether oxygens (including phenoxy) is 1. The number of carbonyl (C=O) groups excluding carboxylic acids is 2. The fourth-order valence-electron chi connectivity index (χ4n) is 2.33. The molecular formula is C19H20Br2N2O3. The molecule has 2 aromatic carbocycles. The van der Waals surface area contributed by atoms with Gasteiger partial charge in [-0.1, -0.05) is 42.8 Å². The van der Waals surface area contributed by atoms with Gasteiger partial charge in [0.2, 0.25) is 0 Å². The second-order valence-electron chi connectivity index (χ2n) is 6.70.